The van der Waals surface area contributed by atoms with Gasteiger partial charge in [-0.05, 0) is 31.4 Å². The Morgan fingerprint density at radius 1 is 1.22 bits per heavy atom. The lowest BCUT2D eigenvalue weighted by Gasteiger charge is -2.33. The van der Waals surface area contributed by atoms with Crippen molar-refractivity contribution in [3.05, 3.63) is 30.2 Å². The predicted molar refractivity (Wildman–Crippen MR) is 92.0 cm³/mol. The summed E-state index contributed by atoms with van der Waals surface area (Å²) in [6, 6.07) is 2.24. The van der Waals surface area contributed by atoms with Gasteiger partial charge in [0.05, 0.1) is 0 Å². The minimum absolute atomic E-state index is 0.332. The maximum atomic E-state index is 4.53. The van der Waals surface area contributed by atoms with Gasteiger partial charge in [0.15, 0.2) is 0 Å². The van der Waals surface area contributed by atoms with Gasteiger partial charge in [0.1, 0.15) is 5.82 Å². The Kier molecular flexibility index (Phi) is 4.55. The van der Waals surface area contributed by atoms with Crippen molar-refractivity contribution < 1.29 is 0 Å². The summed E-state index contributed by atoms with van der Waals surface area (Å²) in [5.74, 6) is 2.38. The first-order chi connectivity index (χ1) is 11.1. The van der Waals surface area contributed by atoms with Crippen molar-refractivity contribution in [1.29, 1.82) is 0 Å². The highest BCUT2D eigenvalue weighted by Crippen LogP contribution is 2.19. The number of nitrogens with one attached hydrogen (secondary N) is 1. The normalized spacial score (nSPS) is 17.9. The first-order valence-electron chi connectivity index (χ1n) is 7.92. The highest BCUT2D eigenvalue weighted by atomic mass is 15.3. The fraction of sp³-hybridized carbons (Fsp3) is 0.500. The van der Waals surface area contributed by atoms with E-state index < -0.39 is 0 Å². The van der Waals surface area contributed by atoms with Crippen molar-refractivity contribution in [3.8, 4) is 0 Å². The molecule has 1 saturated heterocycles. The quantitative estimate of drug-likeness (QED) is 0.921. The average molecular weight is 313 g/mol. The van der Waals surface area contributed by atoms with Crippen LogP contribution in [0.15, 0.2) is 24.7 Å². The van der Waals surface area contributed by atoms with Crippen molar-refractivity contribution in [2.75, 3.05) is 42.3 Å². The topological polar surface area (TPSA) is 70.1 Å². The second-order valence-electron chi connectivity index (χ2n) is 6.13. The molecular formula is C16H23N7. The summed E-state index contributed by atoms with van der Waals surface area (Å²) < 4.78 is 0. The molecule has 0 saturated carbocycles. The van der Waals surface area contributed by atoms with Crippen molar-refractivity contribution in [2.24, 2.45) is 0 Å². The van der Waals surface area contributed by atoms with E-state index in [1.54, 1.807) is 6.20 Å². The number of rotatable bonds is 4. The predicted octanol–water partition coefficient (Wildman–Crippen LogP) is 1.72. The number of hydrogen-bond donors (Lipinski definition) is 1. The van der Waals surface area contributed by atoms with Gasteiger partial charge in [-0.1, -0.05) is 0 Å². The van der Waals surface area contributed by atoms with Crippen LogP contribution in [0.4, 0.5) is 17.7 Å². The molecular weight excluding hydrogens is 290 g/mol. The van der Waals surface area contributed by atoms with E-state index in [4.69, 9.17) is 0 Å². The monoisotopic (exact) mass is 313 g/mol. The summed E-state index contributed by atoms with van der Waals surface area (Å²) in [5.41, 5.74) is 1.08. The Bertz CT molecular complexity index is 641. The molecule has 3 heterocycles. The lowest BCUT2D eigenvalue weighted by molar-refractivity contribution is 0.521. The molecule has 1 aliphatic heterocycles. The van der Waals surface area contributed by atoms with Crippen molar-refractivity contribution in [2.45, 2.75) is 25.8 Å². The standard InChI is InChI=1S/C16H23N7/c1-12-9-18-15(19-10-12)23-8-4-5-13(11-23)20-14-6-7-17-16(21-14)22(2)3/h6-7,9-10,13H,4-5,8,11H2,1-3H3,(H,17,20,21). The Morgan fingerprint density at radius 3 is 2.74 bits per heavy atom. The maximum Gasteiger partial charge on any atom is 0.226 e. The van der Waals surface area contributed by atoms with Gasteiger partial charge in [0.25, 0.3) is 0 Å². The van der Waals surface area contributed by atoms with Gasteiger partial charge >= 0.3 is 0 Å². The zero-order valence-corrected chi connectivity index (χ0v) is 13.9. The van der Waals surface area contributed by atoms with Gasteiger partial charge in [-0.15, -0.1) is 0 Å². The van der Waals surface area contributed by atoms with Crippen molar-refractivity contribution in [1.82, 2.24) is 19.9 Å². The van der Waals surface area contributed by atoms with E-state index in [0.29, 0.717) is 12.0 Å². The lowest BCUT2D eigenvalue weighted by atomic mass is 10.1. The van der Waals surface area contributed by atoms with E-state index in [1.807, 2.05) is 44.4 Å². The third kappa shape index (κ3) is 3.85. The summed E-state index contributed by atoms with van der Waals surface area (Å²) in [6.07, 6.45) is 7.75. The van der Waals surface area contributed by atoms with E-state index in [1.165, 1.54) is 0 Å². The number of hydrogen-bond acceptors (Lipinski definition) is 7. The molecule has 0 aromatic carbocycles. The number of aryl methyl sites for hydroxylation is 1. The molecule has 0 aliphatic carbocycles. The molecule has 0 radical (unpaired) electrons. The van der Waals surface area contributed by atoms with Crippen LogP contribution in [0.25, 0.3) is 0 Å². The first kappa shape index (κ1) is 15.5. The van der Waals surface area contributed by atoms with Gasteiger partial charge < -0.3 is 15.1 Å². The van der Waals surface area contributed by atoms with Crippen LogP contribution in [0, 0.1) is 6.92 Å². The van der Waals surface area contributed by atoms with Crippen LogP contribution in [0.2, 0.25) is 0 Å². The lowest BCUT2D eigenvalue weighted by Crippen LogP contribution is -2.43. The molecule has 2 aromatic rings. The second kappa shape index (κ2) is 6.76. The molecule has 0 bridgehead atoms. The minimum atomic E-state index is 0.332. The largest absolute Gasteiger partial charge is 0.365 e. The summed E-state index contributed by atoms with van der Waals surface area (Å²) in [6.45, 7) is 3.88. The highest BCUT2D eigenvalue weighted by Gasteiger charge is 2.22. The first-order valence-corrected chi connectivity index (χ1v) is 7.92. The SMILES string of the molecule is Cc1cnc(N2CCCC(Nc3ccnc(N(C)C)n3)C2)nc1. The van der Waals surface area contributed by atoms with Gasteiger partial charge in [-0.2, -0.15) is 4.98 Å². The Labute approximate surface area is 136 Å². The molecule has 3 rings (SSSR count). The summed E-state index contributed by atoms with van der Waals surface area (Å²) >= 11 is 0. The molecule has 1 aliphatic rings. The molecule has 1 N–H and O–H groups in total. The van der Waals surface area contributed by atoms with Crippen molar-refractivity contribution in [3.63, 3.8) is 0 Å². The van der Waals surface area contributed by atoms with Gasteiger partial charge in [-0.3, -0.25) is 0 Å². The smallest absolute Gasteiger partial charge is 0.226 e. The van der Waals surface area contributed by atoms with Crippen molar-refractivity contribution >= 4 is 17.7 Å². The van der Waals surface area contributed by atoms with E-state index in [-0.39, 0.29) is 0 Å². The third-order valence-electron chi connectivity index (χ3n) is 3.87. The van der Waals surface area contributed by atoms with Gasteiger partial charge in [0, 0.05) is 51.8 Å². The van der Waals surface area contributed by atoms with Crippen LogP contribution >= 0.6 is 0 Å². The summed E-state index contributed by atoms with van der Waals surface area (Å²) in [5, 5.41) is 3.51. The van der Waals surface area contributed by atoms with Crippen LogP contribution in [0.3, 0.4) is 0 Å². The zero-order valence-electron chi connectivity index (χ0n) is 13.9. The van der Waals surface area contributed by atoms with E-state index in [9.17, 15) is 0 Å². The third-order valence-corrected chi connectivity index (χ3v) is 3.87. The molecule has 7 heteroatoms. The zero-order chi connectivity index (χ0) is 16.2. The van der Waals surface area contributed by atoms with Crippen LogP contribution in [0.1, 0.15) is 18.4 Å². The molecule has 0 spiro atoms. The summed E-state index contributed by atoms with van der Waals surface area (Å²) in [7, 11) is 3.88. The number of nitrogens with zero attached hydrogens (tertiary/aromatic N) is 6. The number of anilines is 3. The second-order valence-corrected chi connectivity index (χ2v) is 6.13. The molecule has 0 amide bonds. The maximum absolute atomic E-state index is 4.53. The molecule has 1 unspecified atom stereocenters. The van der Waals surface area contributed by atoms with E-state index in [2.05, 4.69) is 30.2 Å². The Balaban J connectivity index is 1.67. The molecule has 1 fully saturated rings. The van der Waals surface area contributed by atoms with Crippen LogP contribution in [-0.2, 0) is 0 Å². The number of piperidine rings is 1. The van der Waals surface area contributed by atoms with Crippen LogP contribution in [0.5, 0.6) is 0 Å². The van der Waals surface area contributed by atoms with E-state index >= 15 is 0 Å². The van der Waals surface area contributed by atoms with E-state index in [0.717, 1.165) is 43.3 Å². The highest BCUT2D eigenvalue weighted by molar-refractivity contribution is 5.42. The molecule has 23 heavy (non-hydrogen) atoms. The summed E-state index contributed by atoms with van der Waals surface area (Å²) in [4.78, 5) is 21.8. The fourth-order valence-corrected chi connectivity index (χ4v) is 2.68. The van der Waals surface area contributed by atoms with Crippen LogP contribution < -0.4 is 15.1 Å². The molecule has 1 atom stereocenters. The molecule has 7 nitrogen and oxygen atoms in total. The molecule has 122 valence electrons. The Morgan fingerprint density at radius 2 is 2.00 bits per heavy atom. The van der Waals surface area contributed by atoms with Crippen LogP contribution in [-0.4, -0.2) is 53.2 Å². The fourth-order valence-electron chi connectivity index (χ4n) is 2.68. The number of aromatic nitrogens is 4. The van der Waals surface area contributed by atoms with Gasteiger partial charge in [-0.25, -0.2) is 15.0 Å². The minimum Gasteiger partial charge on any atom is -0.365 e. The molecule has 2 aromatic heterocycles. The Hall–Kier alpha value is -2.44. The van der Waals surface area contributed by atoms with Gasteiger partial charge in [0.2, 0.25) is 11.9 Å². The average Bonchev–Trinajstić information content (AvgIpc) is 2.56.